The molecule has 0 aromatic carbocycles. The van der Waals surface area contributed by atoms with Gasteiger partial charge in [0.05, 0.1) is 11.5 Å². The van der Waals surface area contributed by atoms with Gasteiger partial charge >= 0.3 is 0 Å². The summed E-state index contributed by atoms with van der Waals surface area (Å²) >= 11 is 0. The molecule has 2 unspecified atom stereocenters. The molecule has 1 aliphatic heterocycles. The van der Waals surface area contributed by atoms with E-state index in [1.807, 2.05) is 20.8 Å². The van der Waals surface area contributed by atoms with Crippen LogP contribution in [0.1, 0.15) is 40.0 Å². The molecule has 0 saturated carbocycles. The van der Waals surface area contributed by atoms with Gasteiger partial charge in [-0.3, -0.25) is 4.79 Å². The lowest BCUT2D eigenvalue weighted by atomic mass is 9.85. The number of hydrogen-bond acceptors (Lipinski definition) is 4. The second-order valence-electron chi connectivity index (χ2n) is 6.20. The Labute approximate surface area is 109 Å². The van der Waals surface area contributed by atoms with E-state index in [4.69, 9.17) is 5.73 Å². The van der Waals surface area contributed by atoms with Gasteiger partial charge in [0.15, 0.2) is 9.84 Å². The van der Waals surface area contributed by atoms with E-state index in [2.05, 4.69) is 5.32 Å². The summed E-state index contributed by atoms with van der Waals surface area (Å²) in [5.74, 6) is 0.143. The number of carbonyl (C=O) groups is 1. The molecule has 2 atom stereocenters. The van der Waals surface area contributed by atoms with Gasteiger partial charge in [0, 0.05) is 18.5 Å². The molecule has 1 amide bonds. The lowest BCUT2D eigenvalue weighted by Gasteiger charge is -2.28. The molecule has 1 fully saturated rings. The summed E-state index contributed by atoms with van der Waals surface area (Å²) in [5, 5.41) is 2.78. The average Bonchev–Trinajstić information content (AvgIpc) is 2.13. The molecular weight excluding hydrogens is 252 g/mol. The summed E-state index contributed by atoms with van der Waals surface area (Å²) < 4.78 is 22.9. The fraction of sp³-hybridized carbons (Fsp3) is 0.917. The predicted molar refractivity (Wildman–Crippen MR) is 71.9 cm³/mol. The maximum absolute atomic E-state index is 11.8. The summed E-state index contributed by atoms with van der Waals surface area (Å²) in [6.45, 7) is 5.95. The first-order valence-corrected chi connectivity index (χ1v) is 8.18. The Balaban J connectivity index is 2.46. The Morgan fingerprint density at radius 1 is 1.44 bits per heavy atom. The molecule has 0 bridgehead atoms. The number of hydrogen-bond donors (Lipinski definition) is 2. The SMILES string of the molecule is CC(C)(C)C(N)CC(=O)NC1CCCS(=O)(=O)C1. The quantitative estimate of drug-likeness (QED) is 0.783. The first kappa shape index (κ1) is 15.4. The van der Waals surface area contributed by atoms with Gasteiger partial charge in [-0.15, -0.1) is 0 Å². The highest BCUT2D eigenvalue weighted by atomic mass is 32.2. The molecule has 1 heterocycles. The number of rotatable bonds is 3. The van der Waals surface area contributed by atoms with Crippen molar-refractivity contribution in [1.82, 2.24) is 5.32 Å². The van der Waals surface area contributed by atoms with E-state index >= 15 is 0 Å². The summed E-state index contributed by atoms with van der Waals surface area (Å²) in [5.41, 5.74) is 5.80. The highest BCUT2D eigenvalue weighted by molar-refractivity contribution is 7.91. The lowest BCUT2D eigenvalue weighted by Crippen LogP contribution is -2.46. The number of amides is 1. The summed E-state index contributed by atoms with van der Waals surface area (Å²) in [6, 6.07) is -0.471. The van der Waals surface area contributed by atoms with Crippen LogP contribution in [0.2, 0.25) is 0 Å². The summed E-state index contributed by atoms with van der Waals surface area (Å²) in [7, 11) is -2.98. The number of carbonyl (C=O) groups excluding carboxylic acids is 1. The van der Waals surface area contributed by atoms with Gasteiger partial charge in [-0.25, -0.2) is 8.42 Å². The van der Waals surface area contributed by atoms with Crippen molar-refractivity contribution in [2.45, 2.75) is 52.1 Å². The Morgan fingerprint density at radius 3 is 2.56 bits per heavy atom. The number of nitrogens with two attached hydrogens (primary N) is 1. The fourth-order valence-electron chi connectivity index (χ4n) is 1.93. The third kappa shape index (κ3) is 4.94. The minimum absolute atomic E-state index is 0.0590. The normalized spacial score (nSPS) is 25.4. The molecule has 0 spiro atoms. The lowest BCUT2D eigenvalue weighted by molar-refractivity contribution is -0.122. The van der Waals surface area contributed by atoms with Crippen molar-refractivity contribution < 1.29 is 13.2 Å². The van der Waals surface area contributed by atoms with Crippen LogP contribution in [-0.4, -0.2) is 37.9 Å². The highest BCUT2D eigenvalue weighted by Gasteiger charge is 2.28. The van der Waals surface area contributed by atoms with E-state index in [0.717, 1.165) is 6.42 Å². The molecule has 18 heavy (non-hydrogen) atoms. The molecule has 1 saturated heterocycles. The van der Waals surface area contributed by atoms with Crippen LogP contribution in [0.15, 0.2) is 0 Å². The largest absolute Gasteiger partial charge is 0.352 e. The molecule has 5 nitrogen and oxygen atoms in total. The van der Waals surface area contributed by atoms with Crippen molar-refractivity contribution in [2.24, 2.45) is 11.1 Å². The predicted octanol–water partition coefficient (Wildman–Crippen LogP) is 0.443. The van der Waals surface area contributed by atoms with Crippen molar-refractivity contribution in [2.75, 3.05) is 11.5 Å². The van der Waals surface area contributed by atoms with Gasteiger partial charge in [-0.2, -0.15) is 0 Å². The van der Waals surface area contributed by atoms with Gasteiger partial charge in [0.1, 0.15) is 0 Å². The molecule has 1 aliphatic rings. The van der Waals surface area contributed by atoms with Gasteiger partial charge < -0.3 is 11.1 Å². The Bertz CT molecular complexity index is 398. The molecule has 0 aliphatic carbocycles. The molecular formula is C12H24N2O3S. The monoisotopic (exact) mass is 276 g/mol. The molecule has 0 aromatic rings. The van der Waals surface area contributed by atoms with E-state index in [-0.39, 0.29) is 41.3 Å². The maximum atomic E-state index is 11.8. The van der Waals surface area contributed by atoms with E-state index in [9.17, 15) is 13.2 Å². The van der Waals surface area contributed by atoms with Gasteiger partial charge in [-0.1, -0.05) is 20.8 Å². The van der Waals surface area contributed by atoms with Crippen molar-refractivity contribution in [3.05, 3.63) is 0 Å². The van der Waals surface area contributed by atoms with Crippen LogP contribution < -0.4 is 11.1 Å². The maximum Gasteiger partial charge on any atom is 0.221 e. The highest BCUT2D eigenvalue weighted by Crippen LogP contribution is 2.20. The average molecular weight is 276 g/mol. The minimum atomic E-state index is -2.98. The van der Waals surface area contributed by atoms with Crippen LogP contribution in [0.5, 0.6) is 0 Å². The Morgan fingerprint density at radius 2 is 2.06 bits per heavy atom. The second-order valence-corrected chi connectivity index (χ2v) is 8.43. The number of nitrogens with one attached hydrogen (secondary N) is 1. The van der Waals surface area contributed by atoms with E-state index in [1.165, 1.54) is 0 Å². The van der Waals surface area contributed by atoms with Gasteiger partial charge in [-0.05, 0) is 18.3 Å². The third-order valence-corrected chi connectivity index (χ3v) is 5.17. The van der Waals surface area contributed by atoms with E-state index in [0.29, 0.717) is 6.42 Å². The molecule has 0 radical (unpaired) electrons. The van der Waals surface area contributed by atoms with Gasteiger partial charge in [0.2, 0.25) is 5.91 Å². The van der Waals surface area contributed by atoms with Crippen molar-refractivity contribution in [1.29, 1.82) is 0 Å². The fourth-order valence-corrected chi connectivity index (χ4v) is 3.57. The van der Waals surface area contributed by atoms with Crippen molar-refractivity contribution in [3.8, 4) is 0 Å². The van der Waals surface area contributed by atoms with Crippen molar-refractivity contribution in [3.63, 3.8) is 0 Å². The van der Waals surface area contributed by atoms with Crippen molar-refractivity contribution >= 4 is 15.7 Å². The summed E-state index contributed by atoms with van der Waals surface area (Å²) in [4.78, 5) is 11.8. The van der Waals surface area contributed by atoms with Crippen LogP contribution in [0, 0.1) is 5.41 Å². The smallest absolute Gasteiger partial charge is 0.221 e. The third-order valence-electron chi connectivity index (χ3n) is 3.35. The zero-order chi connectivity index (χ0) is 14.0. The molecule has 0 aromatic heterocycles. The first-order valence-electron chi connectivity index (χ1n) is 6.35. The topological polar surface area (TPSA) is 89.3 Å². The van der Waals surface area contributed by atoms with Crippen LogP contribution in [0.3, 0.4) is 0 Å². The van der Waals surface area contributed by atoms with E-state index < -0.39 is 9.84 Å². The molecule has 6 heteroatoms. The van der Waals surface area contributed by atoms with E-state index in [1.54, 1.807) is 0 Å². The molecule has 3 N–H and O–H groups in total. The first-order chi connectivity index (χ1) is 8.10. The number of sulfone groups is 1. The van der Waals surface area contributed by atoms with Crippen LogP contribution in [-0.2, 0) is 14.6 Å². The zero-order valence-corrected chi connectivity index (χ0v) is 12.2. The minimum Gasteiger partial charge on any atom is -0.352 e. The van der Waals surface area contributed by atoms with Crippen LogP contribution in [0.4, 0.5) is 0 Å². The Kier molecular flexibility index (Phi) is 4.78. The van der Waals surface area contributed by atoms with Gasteiger partial charge in [0.25, 0.3) is 0 Å². The molecule has 1 rings (SSSR count). The standard InChI is InChI=1S/C12H24N2O3S/c1-12(2,3)10(13)7-11(15)14-9-5-4-6-18(16,17)8-9/h9-10H,4-8,13H2,1-3H3,(H,14,15). The Hall–Kier alpha value is -0.620. The zero-order valence-electron chi connectivity index (χ0n) is 11.4. The second kappa shape index (κ2) is 5.57. The molecule has 106 valence electrons. The van der Waals surface area contributed by atoms with Crippen LogP contribution in [0.25, 0.3) is 0 Å². The van der Waals surface area contributed by atoms with Crippen LogP contribution >= 0.6 is 0 Å². The summed E-state index contributed by atoms with van der Waals surface area (Å²) in [6.07, 6.45) is 1.59.